The number of phenolic OH excluding ortho intramolecular Hbond substituents is 1. The molecule has 2 rings (SSSR count). The molecule has 1 aromatic carbocycles. The van der Waals surface area contributed by atoms with Crippen molar-refractivity contribution < 1.29 is 9.84 Å². The van der Waals surface area contributed by atoms with Gasteiger partial charge in [0.25, 0.3) is 0 Å². The number of H-pyrrole nitrogens is 1. The summed E-state index contributed by atoms with van der Waals surface area (Å²) in [5.41, 5.74) is 3.65. The number of aromatic hydroxyl groups is 1. The molecular formula is C14H19N3O2. The predicted octanol–water partition coefficient (Wildman–Crippen LogP) is 2.91. The van der Waals surface area contributed by atoms with E-state index in [4.69, 9.17) is 4.74 Å². The minimum absolute atomic E-state index is 0.0508. The van der Waals surface area contributed by atoms with Crippen molar-refractivity contribution in [3.8, 4) is 11.5 Å². The second-order valence-electron chi connectivity index (χ2n) is 4.60. The van der Waals surface area contributed by atoms with Gasteiger partial charge in [0.05, 0.1) is 30.2 Å². The zero-order valence-corrected chi connectivity index (χ0v) is 11.6. The van der Waals surface area contributed by atoms with Gasteiger partial charge in [-0.2, -0.15) is 5.10 Å². The van der Waals surface area contributed by atoms with Gasteiger partial charge in [0, 0.05) is 5.56 Å². The molecule has 0 saturated heterocycles. The number of aryl methyl sites for hydroxylation is 2. The maximum absolute atomic E-state index is 9.95. The van der Waals surface area contributed by atoms with E-state index < -0.39 is 0 Å². The van der Waals surface area contributed by atoms with Crippen LogP contribution in [0.1, 0.15) is 29.9 Å². The van der Waals surface area contributed by atoms with Gasteiger partial charge in [-0.1, -0.05) is 0 Å². The van der Waals surface area contributed by atoms with Gasteiger partial charge in [-0.05, 0) is 39.0 Å². The van der Waals surface area contributed by atoms with Crippen molar-refractivity contribution in [1.82, 2.24) is 10.2 Å². The van der Waals surface area contributed by atoms with Crippen molar-refractivity contribution in [2.75, 3.05) is 12.4 Å². The molecule has 0 fully saturated rings. The van der Waals surface area contributed by atoms with Crippen molar-refractivity contribution >= 4 is 5.69 Å². The van der Waals surface area contributed by atoms with Crippen molar-refractivity contribution in [1.29, 1.82) is 0 Å². The Balaban J connectivity index is 2.27. The Morgan fingerprint density at radius 3 is 2.68 bits per heavy atom. The van der Waals surface area contributed by atoms with E-state index in [0.29, 0.717) is 0 Å². The van der Waals surface area contributed by atoms with E-state index in [9.17, 15) is 5.11 Å². The second kappa shape index (κ2) is 5.22. The summed E-state index contributed by atoms with van der Waals surface area (Å²) in [5, 5.41) is 20.4. The Labute approximate surface area is 112 Å². The molecule has 1 heterocycles. The van der Waals surface area contributed by atoms with Gasteiger partial charge in [0.15, 0.2) is 0 Å². The molecule has 3 N–H and O–H groups in total. The molecule has 0 aliphatic heterocycles. The highest BCUT2D eigenvalue weighted by Gasteiger charge is 2.15. The van der Waals surface area contributed by atoms with Gasteiger partial charge in [0.1, 0.15) is 11.5 Å². The van der Waals surface area contributed by atoms with Gasteiger partial charge in [0.2, 0.25) is 0 Å². The zero-order valence-electron chi connectivity index (χ0n) is 11.6. The van der Waals surface area contributed by atoms with Crippen LogP contribution in [-0.2, 0) is 0 Å². The number of methoxy groups -OCH3 is 1. The summed E-state index contributed by atoms with van der Waals surface area (Å²) >= 11 is 0. The standard InChI is InChI=1S/C14H19N3O2/c1-8(15-14-9(2)16-17-10(14)3)12-7-11(19-4)5-6-13(12)18/h5-8,15,18H,1-4H3,(H,16,17). The topological polar surface area (TPSA) is 70.2 Å². The minimum atomic E-state index is -0.0508. The molecule has 5 nitrogen and oxygen atoms in total. The fourth-order valence-corrected chi connectivity index (χ4v) is 2.06. The molecule has 0 aliphatic rings. The Kier molecular flexibility index (Phi) is 3.64. The van der Waals surface area contributed by atoms with Crippen molar-refractivity contribution in [3.05, 3.63) is 35.2 Å². The van der Waals surface area contributed by atoms with Crippen LogP contribution in [-0.4, -0.2) is 22.4 Å². The van der Waals surface area contributed by atoms with Gasteiger partial charge in [-0.25, -0.2) is 0 Å². The Morgan fingerprint density at radius 2 is 2.11 bits per heavy atom. The van der Waals surface area contributed by atoms with Gasteiger partial charge in [-0.3, -0.25) is 5.10 Å². The lowest BCUT2D eigenvalue weighted by Gasteiger charge is -2.17. The smallest absolute Gasteiger partial charge is 0.121 e. The third kappa shape index (κ3) is 2.65. The molecule has 5 heteroatoms. The van der Waals surface area contributed by atoms with E-state index in [0.717, 1.165) is 28.4 Å². The van der Waals surface area contributed by atoms with Crippen LogP contribution in [0.2, 0.25) is 0 Å². The van der Waals surface area contributed by atoms with E-state index in [1.54, 1.807) is 19.2 Å². The van der Waals surface area contributed by atoms with Crippen LogP contribution < -0.4 is 10.1 Å². The molecular weight excluding hydrogens is 242 g/mol. The van der Waals surface area contributed by atoms with Crippen molar-refractivity contribution in [2.45, 2.75) is 26.8 Å². The number of hydrogen-bond acceptors (Lipinski definition) is 4. The highest BCUT2D eigenvalue weighted by molar-refractivity contribution is 5.54. The highest BCUT2D eigenvalue weighted by Crippen LogP contribution is 2.31. The van der Waals surface area contributed by atoms with Gasteiger partial charge in [-0.15, -0.1) is 0 Å². The number of nitrogens with one attached hydrogen (secondary N) is 2. The summed E-state index contributed by atoms with van der Waals surface area (Å²) in [5.74, 6) is 0.974. The fraction of sp³-hybridized carbons (Fsp3) is 0.357. The number of rotatable bonds is 4. The first kappa shape index (κ1) is 13.3. The highest BCUT2D eigenvalue weighted by atomic mass is 16.5. The van der Waals surface area contributed by atoms with Crippen molar-refractivity contribution in [2.24, 2.45) is 0 Å². The fourth-order valence-electron chi connectivity index (χ4n) is 2.06. The summed E-state index contributed by atoms with van der Waals surface area (Å²) < 4.78 is 5.19. The lowest BCUT2D eigenvalue weighted by molar-refractivity contribution is 0.410. The normalized spacial score (nSPS) is 12.2. The van der Waals surface area contributed by atoms with E-state index in [1.807, 2.05) is 26.8 Å². The van der Waals surface area contributed by atoms with Gasteiger partial charge < -0.3 is 15.2 Å². The van der Waals surface area contributed by atoms with Crippen LogP contribution in [0.25, 0.3) is 0 Å². The number of anilines is 1. The molecule has 1 unspecified atom stereocenters. The molecule has 102 valence electrons. The van der Waals surface area contributed by atoms with Crippen LogP contribution >= 0.6 is 0 Å². The molecule has 0 spiro atoms. The Bertz CT molecular complexity index is 559. The molecule has 19 heavy (non-hydrogen) atoms. The average molecular weight is 261 g/mol. The summed E-state index contributed by atoms with van der Waals surface area (Å²) in [7, 11) is 1.61. The second-order valence-corrected chi connectivity index (χ2v) is 4.60. The van der Waals surface area contributed by atoms with E-state index in [1.165, 1.54) is 0 Å². The third-order valence-electron chi connectivity index (χ3n) is 3.19. The van der Waals surface area contributed by atoms with Crippen LogP contribution in [0.5, 0.6) is 11.5 Å². The SMILES string of the molecule is COc1ccc(O)c(C(C)Nc2c(C)n[nH]c2C)c1. The number of aromatic nitrogens is 2. The quantitative estimate of drug-likeness (QED) is 0.791. The monoisotopic (exact) mass is 261 g/mol. The number of benzene rings is 1. The van der Waals surface area contributed by atoms with Crippen LogP contribution in [0.4, 0.5) is 5.69 Å². The summed E-state index contributed by atoms with van der Waals surface area (Å²) in [6, 6.07) is 5.16. The number of aromatic amines is 1. The Morgan fingerprint density at radius 1 is 1.37 bits per heavy atom. The maximum atomic E-state index is 9.95. The maximum Gasteiger partial charge on any atom is 0.121 e. The average Bonchev–Trinajstić information content (AvgIpc) is 2.71. The summed E-state index contributed by atoms with van der Waals surface area (Å²) in [6.07, 6.45) is 0. The zero-order chi connectivity index (χ0) is 14.0. The molecule has 0 aliphatic carbocycles. The van der Waals surface area contributed by atoms with Gasteiger partial charge >= 0.3 is 0 Å². The van der Waals surface area contributed by atoms with Crippen molar-refractivity contribution in [3.63, 3.8) is 0 Å². The van der Waals surface area contributed by atoms with Crippen LogP contribution in [0, 0.1) is 13.8 Å². The lowest BCUT2D eigenvalue weighted by Crippen LogP contribution is -2.08. The number of hydrogen-bond donors (Lipinski definition) is 3. The van der Waals surface area contributed by atoms with E-state index >= 15 is 0 Å². The Hall–Kier alpha value is -2.17. The molecule has 0 amide bonds. The summed E-state index contributed by atoms with van der Waals surface area (Å²) in [6.45, 7) is 5.88. The lowest BCUT2D eigenvalue weighted by atomic mass is 10.1. The molecule has 0 bridgehead atoms. The molecule has 2 aromatic rings. The largest absolute Gasteiger partial charge is 0.508 e. The van der Waals surface area contributed by atoms with Crippen LogP contribution in [0.3, 0.4) is 0 Å². The molecule has 1 atom stereocenters. The predicted molar refractivity (Wildman–Crippen MR) is 74.8 cm³/mol. The number of ether oxygens (including phenoxy) is 1. The molecule has 0 radical (unpaired) electrons. The first-order valence-corrected chi connectivity index (χ1v) is 6.18. The number of phenols is 1. The first-order chi connectivity index (χ1) is 9.02. The first-order valence-electron chi connectivity index (χ1n) is 6.18. The van der Waals surface area contributed by atoms with E-state index in [-0.39, 0.29) is 11.8 Å². The minimum Gasteiger partial charge on any atom is -0.508 e. The van der Waals surface area contributed by atoms with E-state index in [2.05, 4.69) is 15.5 Å². The number of nitrogens with zero attached hydrogens (tertiary/aromatic N) is 1. The molecule has 0 saturated carbocycles. The van der Waals surface area contributed by atoms with Crippen LogP contribution in [0.15, 0.2) is 18.2 Å². The molecule has 1 aromatic heterocycles. The third-order valence-corrected chi connectivity index (χ3v) is 3.19. The summed E-state index contributed by atoms with van der Waals surface area (Å²) in [4.78, 5) is 0.